The summed E-state index contributed by atoms with van der Waals surface area (Å²) >= 11 is 0. The van der Waals surface area contributed by atoms with E-state index in [4.69, 9.17) is 0 Å². The number of aromatic nitrogens is 4. The summed E-state index contributed by atoms with van der Waals surface area (Å²) in [6.45, 7) is 12.1. The van der Waals surface area contributed by atoms with Crippen molar-refractivity contribution in [1.82, 2.24) is 25.1 Å². The van der Waals surface area contributed by atoms with Gasteiger partial charge in [0.25, 0.3) is 0 Å². The largest absolute Gasteiger partial charge is 0.285 e. The molecule has 2 aromatic carbocycles. The smallest absolute Gasteiger partial charge is 0.169 e. The molecule has 29 heavy (non-hydrogen) atoms. The number of benzene rings is 2. The molecule has 3 rings (SSSR count). The van der Waals surface area contributed by atoms with Crippen LogP contribution >= 0.6 is 0 Å². The molecule has 6 heteroatoms. The Bertz CT molecular complexity index is 897. The molecule has 0 aliphatic heterocycles. The Morgan fingerprint density at radius 1 is 0.931 bits per heavy atom. The van der Waals surface area contributed by atoms with Crippen molar-refractivity contribution in [3.63, 3.8) is 0 Å². The highest BCUT2D eigenvalue weighted by Crippen LogP contribution is 2.32. The molecule has 3 aromatic rings. The lowest BCUT2D eigenvalue weighted by molar-refractivity contribution is 0.120. The molecule has 0 N–H and O–H groups in total. The minimum absolute atomic E-state index is 0.00878. The Hall–Kier alpha value is -2.60. The molecular weight excluding hydrogens is 365 g/mol. The summed E-state index contributed by atoms with van der Waals surface area (Å²) in [5.41, 5.74) is 2.05. The van der Waals surface area contributed by atoms with Gasteiger partial charge in [0.1, 0.15) is 5.82 Å². The van der Waals surface area contributed by atoms with Crippen LogP contribution in [0.25, 0.3) is 0 Å². The van der Waals surface area contributed by atoms with Crippen molar-refractivity contribution in [2.24, 2.45) is 5.92 Å². The average molecular weight is 396 g/mol. The summed E-state index contributed by atoms with van der Waals surface area (Å²) in [6, 6.07) is 17.1. The third kappa shape index (κ3) is 5.26. The molecule has 0 aliphatic rings. The minimum atomic E-state index is -0.222. The number of nitrogens with zero attached hydrogens (tertiary/aromatic N) is 5. The van der Waals surface area contributed by atoms with Crippen molar-refractivity contribution in [2.45, 2.75) is 59.3 Å². The first-order valence-corrected chi connectivity index (χ1v) is 10.1. The van der Waals surface area contributed by atoms with Crippen molar-refractivity contribution in [3.05, 3.63) is 77.4 Å². The molecule has 0 radical (unpaired) electrons. The van der Waals surface area contributed by atoms with Crippen LogP contribution in [0.2, 0.25) is 0 Å². The van der Waals surface area contributed by atoms with Gasteiger partial charge in [-0.3, -0.25) is 4.90 Å². The lowest BCUT2D eigenvalue weighted by Gasteiger charge is -2.35. The van der Waals surface area contributed by atoms with Crippen LogP contribution in [0.15, 0.2) is 54.6 Å². The van der Waals surface area contributed by atoms with Crippen LogP contribution in [0.4, 0.5) is 4.39 Å². The second-order valence-electron chi connectivity index (χ2n) is 8.83. The van der Waals surface area contributed by atoms with Crippen molar-refractivity contribution in [2.75, 3.05) is 0 Å². The molecule has 0 bridgehead atoms. The SMILES string of the molecule is CC(C)[C@@H](c1nnnn1C(C)(C)C)N(Cc1ccccc1)Cc1ccc(F)cc1. The predicted octanol–water partition coefficient (Wildman–Crippen LogP) is 4.97. The lowest BCUT2D eigenvalue weighted by Crippen LogP contribution is -2.36. The van der Waals surface area contributed by atoms with Gasteiger partial charge in [0, 0.05) is 13.1 Å². The van der Waals surface area contributed by atoms with Crippen molar-refractivity contribution >= 4 is 0 Å². The van der Waals surface area contributed by atoms with Crippen LogP contribution in [0.5, 0.6) is 0 Å². The molecule has 0 unspecified atom stereocenters. The zero-order valence-corrected chi connectivity index (χ0v) is 17.9. The molecule has 0 spiro atoms. The fourth-order valence-corrected chi connectivity index (χ4v) is 3.63. The van der Waals surface area contributed by atoms with Gasteiger partial charge in [-0.15, -0.1) is 5.10 Å². The molecule has 0 saturated heterocycles. The first-order valence-electron chi connectivity index (χ1n) is 10.1. The molecular formula is C23H30FN5. The van der Waals surface area contributed by atoms with Crippen LogP contribution in [0.3, 0.4) is 0 Å². The third-order valence-electron chi connectivity index (χ3n) is 4.95. The quantitative estimate of drug-likeness (QED) is 0.567. The van der Waals surface area contributed by atoms with E-state index in [0.717, 1.165) is 17.9 Å². The van der Waals surface area contributed by atoms with E-state index in [-0.39, 0.29) is 23.3 Å². The summed E-state index contributed by atoms with van der Waals surface area (Å²) in [6.07, 6.45) is 0. The van der Waals surface area contributed by atoms with Gasteiger partial charge in [-0.25, -0.2) is 9.07 Å². The molecule has 5 nitrogen and oxygen atoms in total. The van der Waals surface area contributed by atoms with Crippen LogP contribution in [0.1, 0.15) is 57.6 Å². The summed E-state index contributed by atoms with van der Waals surface area (Å²) in [5.74, 6) is 0.914. The second kappa shape index (κ2) is 8.82. The first-order chi connectivity index (χ1) is 13.8. The number of halogens is 1. The van der Waals surface area contributed by atoms with E-state index < -0.39 is 0 Å². The van der Waals surface area contributed by atoms with Crippen LogP contribution in [0, 0.1) is 11.7 Å². The van der Waals surface area contributed by atoms with Gasteiger partial charge in [-0.1, -0.05) is 56.3 Å². The summed E-state index contributed by atoms with van der Waals surface area (Å²) in [5, 5.41) is 12.7. The highest BCUT2D eigenvalue weighted by Gasteiger charge is 2.32. The van der Waals surface area contributed by atoms with E-state index in [0.29, 0.717) is 6.54 Å². The van der Waals surface area contributed by atoms with E-state index in [9.17, 15) is 4.39 Å². The molecule has 0 fully saturated rings. The predicted molar refractivity (Wildman–Crippen MR) is 112 cm³/mol. The molecule has 0 aliphatic carbocycles. The Morgan fingerprint density at radius 2 is 1.52 bits per heavy atom. The number of rotatable bonds is 7. The minimum Gasteiger partial charge on any atom is -0.285 e. The van der Waals surface area contributed by atoms with Gasteiger partial charge in [0.05, 0.1) is 11.6 Å². The fraction of sp³-hybridized carbons (Fsp3) is 0.435. The highest BCUT2D eigenvalue weighted by molar-refractivity contribution is 5.19. The van der Waals surface area contributed by atoms with E-state index in [1.165, 1.54) is 17.7 Å². The molecule has 1 atom stereocenters. The number of hydrogen-bond donors (Lipinski definition) is 0. The maximum Gasteiger partial charge on any atom is 0.169 e. The lowest BCUT2D eigenvalue weighted by atomic mass is 9.98. The zero-order valence-electron chi connectivity index (χ0n) is 17.9. The normalized spacial score (nSPS) is 13.2. The van der Waals surface area contributed by atoms with Gasteiger partial charge in [-0.05, 0) is 60.4 Å². The molecule has 1 aromatic heterocycles. The van der Waals surface area contributed by atoms with Gasteiger partial charge in [-0.2, -0.15) is 0 Å². The highest BCUT2D eigenvalue weighted by atomic mass is 19.1. The Kier molecular flexibility index (Phi) is 6.42. The van der Waals surface area contributed by atoms with Gasteiger partial charge in [0.15, 0.2) is 5.82 Å². The van der Waals surface area contributed by atoms with E-state index in [1.807, 2.05) is 22.9 Å². The molecule has 0 amide bonds. The maximum absolute atomic E-state index is 13.4. The topological polar surface area (TPSA) is 46.8 Å². The van der Waals surface area contributed by atoms with E-state index in [1.54, 1.807) is 0 Å². The van der Waals surface area contributed by atoms with Crippen LogP contribution in [-0.2, 0) is 18.6 Å². The summed E-state index contributed by atoms with van der Waals surface area (Å²) in [4.78, 5) is 2.38. The van der Waals surface area contributed by atoms with Crippen LogP contribution < -0.4 is 0 Å². The van der Waals surface area contributed by atoms with E-state index in [2.05, 4.69) is 79.3 Å². The molecule has 154 valence electrons. The fourth-order valence-electron chi connectivity index (χ4n) is 3.63. The van der Waals surface area contributed by atoms with E-state index >= 15 is 0 Å². The van der Waals surface area contributed by atoms with Gasteiger partial charge in [0.2, 0.25) is 0 Å². The Balaban J connectivity index is 2.01. The number of tetrazole rings is 1. The van der Waals surface area contributed by atoms with Gasteiger partial charge >= 0.3 is 0 Å². The zero-order chi connectivity index (χ0) is 21.0. The second-order valence-corrected chi connectivity index (χ2v) is 8.83. The van der Waals surface area contributed by atoms with Crippen LogP contribution in [-0.4, -0.2) is 25.1 Å². The first kappa shape index (κ1) is 21.1. The average Bonchev–Trinajstić information content (AvgIpc) is 3.14. The van der Waals surface area contributed by atoms with Gasteiger partial charge < -0.3 is 0 Å². The number of hydrogen-bond acceptors (Lipinski definition) is 4. The molecule has 0 saturated carbocycles. The third-order valence-corrected chi connectivity index (χ3v) is 4.95. The van der Waals surface area contributed by atoms with Crippen molar-refractivity contribution in [3.8, 4) is 0 Å². The maximum atomic E-state index is 13.4. The summed E-state index contributed by atoms with van der Waals surface area (Å²) in [7, 11) is 0. The van der Waals surface area contributed by atoms with Crippen molar-refractivity contribution in [1.29, 1.82) is 0 Å². The standard InChI is InChI=1S/C23H30FN5/c1-17(2)21(22-25-26-27-29(22)23(3,4)5)28(15-18-9-7-6-8-10-18)16-19-11-13-20(24)14-12-19/h6-14,17,21H,15-16H2,1-5H3/t21-/m0/s1. The monoisotopic (exact) mass is 395 g/mol. The molecule has 1 heterocycles. The Morgan fingerprint density at radius 3 is 2.07 bits per heavy atom. The summed E-state index contributed by atoms with van der Waals surface area (Å²) < 4.78 is 15.3. The Labute approximate surface area is 172 Å². The van der Waals surface area contributed by atoms with Crippen molar-refractivity contribution < 1.29 is 4.39 Å².